The summed E-state index contributed by atoms with van der Waals surface area (Å²) in [6, 6.07) is 44.4. The Morgan fingerprint density at radius 2 is 0.827 bits per heavy atom. The van der Waals surface area contributed by atoms with Gasteiger partial charge in [0, 0.05) is 22.0 Å². The smallest absolute Gasteiger partial charge is 0.373 e. The first kappa shape index (κ1) is 57.5. The molecule has 2 aliphatic rings. The number of ether oxygens (including phenoxy) is 1. The minimum Gasteiger partial charge on any atom is -0.463 e. The van der Waals surface area contributed by atoms with Crippen LogP contribution in [0.5, 0.6) is 0 Å². The minimum absolute atomic E-state index is 0.0320. The highest BCUT2D eigenvalue weighted by molar-refractivity contribution is 5.70. The van der Waals surface area contributed by atoms with Gasteiger partial charge in [0.15, 0.2) is 0 Å². The molecule has 0 unspecified atom stereocenters. The van der Waals surface area contributed by atoms with Gasteiger partial charge in [-0.25, -0.2) is 0 Å². The van der Waals surface area contributed by atoms with Crippen molar-refractivity contribution in [2.24, 2.45) is 0 Å². The average Bonchev–Trinajstić information content (AvgIpc) is 4.07. The molecular weight excluding hydrogens is 925 g/mol. The van der Waals surface area contributed by atoms with E-state index in [4.69, 9.17) is 14.3 Å². The molecule has 6 aromatic carbocycles. The van der Waals surface area contributed by atoms with Gasteiger partial charge >= 0.3 is 6.15 Å². The van der Waals surface area contributed by atoms with Gasteiger partial charge in [0.05, 0.1) is 0 Å². The number of aryl methyl sites for hydroxylation is 5. The Hall–Kier alpha value is -6.79. The largest absolute Gasteiger partial charge is 0.463 e. The third kappa shape index (κ3) is 13.6. The zero-order valence-electron chi connectivity index (χ0n) is 46.1. The topological polar surface area (TPSA) is 101 Å². The molecule has 0 aromatic heterocycles. The number of aliphatic hydroxyl groups is 2. The van der Waals surface area contributed by atoms with Crippen molar-refractivity contribution in [3.8, 4) is 45.9 Å². The first-order valence-corrected chi connectivity index (χ1v) is 27.3. The standard InChI is InChI=1S/C34H38O3.C34H40O.CO2/c1-5-34(6-2,30-14-13-28(25(3)21-30)17-20-33(36)18-7-8-19-33)31-15-16-32(26(4)22-31)29-11-9-27(10-12-29)23-37-24-35;1-6-27-11-13-29(14-12-27)32-18-17-31(24-26(32)5)34(7-2,8-3)30-16-15-28(25(4)23-30)19-22-33(35)20-9-10-21-33;2-1-3/h9-16,21-22,24,36H,5-8,18-19,23H2,1-4H3;11-18,23-24,35H,6-10,20-21H2,1-5H3;. The van der Waals surface area contributed by atoms with Gasteiger partial charge < -0.3 is 14.9 Å². The Morgan fingerprint density at radius 1 is 0.493 bits per heavy atom. The summed E-state index contributed by atoms with van der Waals surface area (Å²) < 4.78 is 4.87. The van der Waals surface area contributed by atoms with Crippen LogP contribution in [0.3, 0.4) is 0 Å². The number of hydrogen-bond donors (Lipinski definition) is 2. The Kier molecular flexibility index (Phi) is 20.0. The van der Waals surface area contributed by atoms with Gasteiger partial charge in [0.25, 0.3) is 6.47 Å². The van der Waals surface area contributed by atoms with Crippen LogP contribution in [0.4, 0.5) is 0 Å². The maximum atomic E-state index is 10.6. The molecule has 0 amide bonds. The van der Waals surface area contributed by atoms with Crippen LogP contribution >= 0.6 is 0 Å². The van der Waals surface area contributed by atoms with Crippen molar-refractivity contribution >= 4 is 12.6 Å². The molecule has 2 fully saturated rings. The molecule has 6 nitrogen and oxygen atoms in total. The zero-order valence-corrected chi connectivity index (χ0v) is 46.1. The number of carbonyl (C=O) groups excluding carboxylic acids is 3. The van der Waals surface area contributed by atoms with Crippen LogP contribution in [-0.4, -0.2) is 34.0 Å². The Labute approximate surface area is 448 Å². The van der Waals surface area contributed by atoms with Gasteiger partial charge in [0.2, 0.25) is 0 Å². The second-order valence-corrected chi connectivity index (χ2v) is 20.9. The first-order valence-electron chi connectivity index (χ1n) is 27.3. The van der Waals surface area contributed by atoms with Crippen molar-refractivity contribution in [3.05, 3.63) is 188 Å². The van der Waals surface area contributed by atoms with Gasteiger partial charge in [-0.3, -0.25) is 4.79 Å². The molecule has 6 aromatic rings. The van der Waals surface area contributed by atoms with Crippen molar-refractivity contribution < 1.29 is 29.3 Å². The molecule has 0 saturated heterocycles. The number of hydrogen-bond acceptors (Lipinski definition) is 6. The zero-order chi connectivity index (χ0) is 54.2. The molecule has 0 bridgehead atoms. The monoisotopic (exact) mass is 1000 g/mol. The van der Waals surface area contributed by atoms with Gasteiger partial charge in [-0.15, -0.1) is 0 Å². The summed E-state index contributed by atoms with van der Waals surface area (Å²) in [6.45, 7) is 20.8. The van der Waals surface area contributed by atoms with Gasteiger partial charge in [0.1, 0.15) is 17.8 Å². The molecule has 0 radical (unpaired) electrons. The lowest BCUT2D eigenvalue weighted by molar-refractivity contribution is -0.191. The molecule has 0 spiro atoms. The van der Waals surface area contributed by atoms with Crippen LogP contribution in [0.15, 0.2) is 121 Å². The van der Waals surface area contributed by atoms with Crippen LogP contribution in [0.1, 0.15) is 178 Å². The van der Waals surface area contributed by atoms with Crippen LogP contribution in [0.2, 0.25) is 0 Å². The summed E-state index contributed by atoms with van der Waals surface area (Å²) in [6.07, 6.45) is 12.8. The lowest BCUT2D eigenvalue weighted by Gasteiger charge is -2.34. The Bertz CT molecular complexity index is 3040. The molecule has 2 aliphatic carbocycles. The summed E-state index contributed by atoms with van der Waals surface area (Å²) in [4.78, 5) is 26.7. The molecular formula is C69H78O6. The highest BCUT2D eigenvalue weighted by Gasteiger charge is 2.34. The maximum absolute atomic E-state index is 10.6. The van der Waals surface area contributed by atoms with Crippen molar-refractivity contribution in [1.29, 1.82) is 0 Å². The summed E-state index contributed by atoms with van der Waals surface area (Å²) in [7, 11) is 0. The predicted molar refractivity (Wildman–Crippen MR) is 304 cm³/mol. The van der Waals surface area contributed by atoms with Crippen molar-refractivity contribution in [3.63, 3.8) is 0 Å². The van der Waals surface area contributed by atoms with E-state index in [1.165, 1.54) is 61.2 Å². The van der Waals surface area contributed by atoms with Crippen LogP contribution in [0.25, 0.3) is 22.3 Å². The van der Waals surface area contributed by atoms with E-state index in [1.807, 2.05) is 12.1 Å². The molecule has 8 rings (SSSR count). The molecule has 2 N–H and O–H groups in total. The fourth-order valence-corrected chi connectivity index (χ4v) is 11.6. The lowest BCUT2D eigenvalue weighted by atomic mass is 9.69. The molecule has 0 atom stereocenters. The van der Waals surface area contributed by atoms with Crippen LogP contribution in [0, 0.1) is 51.4 Å². The highest BCUT2D eigenvalue weighted by atomic mass is 16.5. The molecule has 0 aliphatic heterocycles. The summed E-state index contributed by atoms with van der Waals surface area (Å²) in [5, 5.41) is 21.3. The lowest BCUT2D eigenvalue weighted by Crippen LogP contribution is -2.26. The van der Waals surface area contributed by atoms with Crippen molar-refractivity contribution in [2.75, 3.05) is 0 Å². The molecule has 75 heavy (non-hydrogen) atoms. The third-order valence-corrected chi connectivity index (χ3v) is 16.5. The van der Waals surface area contributed by atoms with Crippen LogP contribution in [-0.2, 0) is 43.0 Å². The fraction of sp³-hybridized carbons (Fsp3) is 0.391. The van der Waals surface area contributed by atoms with E-state index in [-0.39, 0.29) is 17.0 Å². The minimum atomic E-state index is -0.815. The molecule has 390 valence electrons. The summed E-state index contributed by atoms with van der Waals surface area (Å²) in [5.74, 6) is 12.9. The Balaban J connectivity index is 0.000000232. The van der Waals surface area contributed by atoms with E-state index in [2.05, 4.69) is 195 Å². The van der Waals surface area contributed by atoms with E-state index in [0.29, 0.717) is 13.1 Å². The van der Waals surface area contributed by atoms with E-state index in [0.717, 1.165) is 111 Å². The van der Waals surface area contributed by atoms with Crippen LogP contribution < -0.4 is 0 Å². The first-order chi connectivity index (χ1) is 36.1. The van der Waals surface area contributed by atoms with Crippen molar-refractivity contribution in [2.45, 2.75) is 174 Å². The van der Waals surface area contributed by atoms with Gasteiger partial charge in [-0.1, -0.05) is 167 Å². The molecule has 2 saturated carbocycles. The molecule has 0 heterocycles. The SMILES string of the molecule is CCC(CC)(c1ccc(C#CC2(O)CCCC2)c(C)c1)c1ccc(-c2ccc(COC=O)cc2)c(C)c1.CCc1ccc(-c2ccc(C(CC)(CC)c3ccc(C#CC4(O)CCCC4)c(C)c3)cc2C)cc1.O=C=O. The second kappa shape index (κ2) is 26.1. The van der Waals surface area contributed by atoms with E-state index in [9.17, 15) is 15.0 Å². The Morgan fingerprint density at radius 3 is 1.13 bits per heavy atom. The maximum Gasteiger partial charge on any atom is 0.373 e. The van der Waals surface area contributed by atoms with Crippen molar-refractivity contribution in [1.82, 2.24) is 0 Å². The highest BCUT2D eigenvalue weighted by Crippen LogP contribution is 2.43. The number of benzene rings is 6. The second-order valence-electron chi connectivity index (χ2n) is 20.9. The fourth-order valence-electron chi connectivity index (χ4n) is 11.6. The quantitative estimate of drug-likeness (QED) is 0.0833. The predicted octanol–water partition coefficient (Wildman–Crippen LogP) is 15.1. The average molecular weight is 1000 g/mol. The summed E-state index contributed by atoms with van der Waals surface area (Å²) >= 11 is 0. The van der Waals surface area contributed by atoms with E-state index >= 15 is 0 Å². The molecule has 6 heteroatoms. The third-order valence-electron chi connectivity index (χ3n) is 16.5. The van der Waals surface area contributed by atoms with Gasteiger partial charge in [-0.2, -0.15) is 9.59 Å². The van der Waals surface area contributed by atoms with E-state index in [1.54, 1.807) is 0 Å². The number of rotatable bonds is 14. The normalized spacial score (nSPS) is 14.3. The van der Waals surface area contributed by atoms with E-state index < -0.39 is 11.2 Å². The number of carbonyl (C=O) groups is 1. The summed E-state index contributed by atoms with van der Waals surface area (Å²) in [5.41, 5.74) is 17.9. The van der Waals surface area contributed by atoms with Gasteiger partial charge in [-0.05, 0) is 201 Å².